The number of nitrogens with zero attached hydrogens (tertiary/aromatic N) is 2. The Morgan fingerprint density at radius 3 is 2.24 bits per heavy atom. The van der Waals surface area contributed by atoms with Gasteiger partial charge in [0.2, 0.25) is 0 Å². The molecule has 21 heavy (non-hydrogen) atoms. The molecule has 0 aromatic carbocycles. The molecule has 5 nitrogen and oxygen atoms in total. The predicted octanol–water partition coefficient (Wildman–Crippen LogP) is 2.27. The van der Waals surface area contributed by atoms with Gasteiger partial charge in [0.25, 0.3) is 0 Å². The molecule has 0 aromatic heterocycles. The SMILES string of the molecule is CC(C)C1(C(=O)O)CCN(C(=O)N2CC3CCCC3C2)C1. The number of carboxylic acid groups (broad SMARTS) is 1. The van der Waals surface area contributed by atoms with Gasteiger partial charge in [-0.25, -0.2) is 4.79 Å². The molecule has 2 saturated heterocycles. The van der Waals surface area contributed by atoms with Gasteiger partial charge in [0.1, 0.15) is 0 Å². The Kier molecular flexibility index (Phi) is 3.62. The Morgan fingerprint density at radius 1 is 1.14 bits per heavy atom. The summed E-state index contributed by atoms with van der Waals surface area (Å²) in [6.45, 7) is 6.59. The zero-order chi connectivity index (χ0) is 15.2. The van der Waals surface area contributed by atoms with E-state index in [4.69, 9.17) is 0 Å². The maximum absolute atomic E-state index is 12.7. The summed E-state index contributed by atoms with van der Waals surface area (Å²) < 4.78 is 0. The Balaban J connectivity index is 1.66. The summed E-state index contributed by atoms with van der Waals surface area (Å²) in [7, 11) is 0. The van der Waals surface area contributed by atoms with Crippen molar-refractivity contribution in [2.45, 2.75) is 39.5 Å². The van der Waals surface area contributed by atoms with E-state index in [9.17, 15) is 14.7 Å². The molecule has 2 aliphatic heterocycles. The fourth-order valence-electron chi connectivity index (χ4n) is 4.48. The number of carbonyl (C=O) groups excluding carboxylic acids is 1. The van der Waals surface area contributed by atoms with Crippen LogP contribution in [0.25, 0.3) is 0 Å². The number of amides is 2. The maximum Gasteiger partial charge on any atom is 0.320 e. The van der Waals surface area contributed by atoms with Crippen molar-refractivity contribution in [1.82, 2.24) is 9.80 Å². The molecule has 3 unspecified atom stereocenters. The number of carbonyl (C=O) groups is 2. The fourth-order valence-corrected chi connectivity index (χ4v) is 4.48. The minimum Gasteiger partial charge on any atom is -0.481 e. The molecule has 0 bridgehead atoms. The van der Waals surface area contributed by atoms with Crippen molar-refractivity contribution >= 4 is 12.0 Å². The molecular weight excluding hydrogens is 268 g/mol. The number of carboxylic acids is 1. The van der Waals surface area contributed by atoms with Crippen LogP contribution in [0.2, 0.25) is 0 Å². The largest absolute Gasteiger partial charge is 0.481 e. The number of aliphatic carboxylic acids is 1. The zero-order valence-corrected chi connectivity index (χ0v) is 13.0. The second-order valence-corrected chi connectivity index (χ2v) is 7.43. The lowest BCUT2D eigenvalue weighted by Gasteiger charge is -2.30. The van der Waals surface area contributed by atoms with E-state index in [1.165, 1.54) is 19.3 Å². The molecule has 3 rings (SSSR count). The van der Waals surface area contributed by atoms with Crippen molar-refractivity contribution in [3.8, 4) is 0 Å². The van der Waals surface area contributed by atoms with Crippen LogP contribution in [0.4, 0.5) is 4.79 Å². The first-order valence-corrected chi connectivity index (χ1v) is 8.21. The normalized spacial score (nSPS) is 35.6. The van der Waals surface area contributed by atoms with E-state index >= 15 is 0 Å². The standard InChI is InChI=1S/C16H26N2O3/c1-11(2)16(14(19)20)6-7-17(10-16)15(21)18-8-12-4-3-5-13(12)9-18/h11-13H,3-10H2,1-2H3,(H,19,20). The summed E-state index contributed by atoms with van der Waals surface area (Å²) in [5, 5.41) is 9.58. The molecule has 0 aromatic rings. The van der Waals surface area contributed by atoms with Crippen LogP contribution in [0.15, 0.2) is 0 Å². The van der Waals surface area contributed by atoms with Gasteiger partial charge in [0.15, 0.2) is 0 Å². The molecule has 3 aliphatic rings. The Hall–Kier alpha value is -1.26. The number of hydrogen-bond donors (Lipinski definition) is 1. The molecule has 3 fully saturated rings. The van der Waals surface area contributed by atoms with Crippen LogP contribution < -0.4 is 0 Å². The summed E-state index contributed by atoms with van der Waals surface area (Å²) in [5.74, 6) is 0.661. The van der Waals surface area contributed by atoms with E-state index in [2.05, 4.69) is 0 Å². The lowest BCUT2D eigenvalue weighted by molar-refractivity contribution is -0.150. The maximum atomic E-state index is 12.7. The van der Waals surface area contributed by atoms with Crippen LogP contribution >= 0.6 is 0 Å². The first-order valence-electron chi connectivity index (χ1n) is 8.21. The summed E-state index contributed by atoms with van der Waals surface area (Å²) in [6.07, 6.45) is 4.38. The molecule has 0 spiro atoms. The summed E-state index contributed by atoms with van der Waals surface area (Å²) in [5.41, 5.74) is -0.759. The first-order chi connectivity index (χ1) is 9.94. The highest BCUT2D eigenvalue weighted by atomic mass is 16.4. The van der Waals surface area contributed by atoms with Gasteiger partial charge in [-0.2, -0.15) is 0 Å². The van der Waals surface area contributed by atoms with Gasteiger partial charge in [-0.3, -0.25) is 4.79 Å². The Labute approximate surface area is 126 Å². The van der Waals surface area contributed by atoms with Crippen LogP contribution in [0.5, 0.6) is 0 Å². The minimum absolute atomic E-state index is 0.0470. The first kappa shape index (κ1) is 14.7. The molecule has 1 N–H and O–H groups in total. The summed E-state index contributed by atoms with van der Waals surface area (Å²) in [4.78, 5) is 28.1. The van der Waals surface area contributed by atoms with Crippen LogP contribution in [0, 0.1) is 23.2 Å². The zero-order valence-electron chi connectivity index (χ0n) is 13.0. The second-order valence-electron chi connectivity index (χ2n) is 7.43. The Morgan fingerprint density at radius 2 is 1.76 bits per heavy atom. The van der Waals surface area contributed by atoms with E-state index in [1.54, 1.807) is 4.90 Å². The predicted molar refractivity (Wildman–Crippen MR) is 78.9 cm³/mol. The highest BCUT2D eigenvalue weighted by molar-refractivity contribution is 5.80. The molecule has 0 radical (unpaired) electrons. The molecule has 2 amide bonds. The number of urea groups is 1. The minimum atomic E-state index is -0.759. The van der Waals surface area contributed by atoms with Crippen LogP contribution in [-0.4, -0.2) is 53.1 Å². The van der Waals surface area contributed by atoms with E-state index in [-0.39, 0.29) is 11.9 Å². The molecule has 1 saturated carbocycles. The summed E-state index contributed by atoms with van der Waals surface area (Å²) >= 11 is 0. The summed E-state index contributed by atoms with van der Waals surface area (Å²) in [6, 6.07) is 0.0631. The number of hydrogen-bond acceptors (Lipinski definition) is 2. The molecular formula is C16H26N2O3. The molecule has 1 aliphatic carbocycles. The van der Waals surface area contributed by atoms with Gasteiger partial charge in [-0.1, -0.05) is 20.3 Å². The van der Waals surface area contributed by atoms with Crippen molar-refractivity contribution in [2.75, 3.05) is 26.2 Å². The number of rotatable bonds is 2. The van der Waals surface area contributed by atoms with Crippen molar-refractivity contribution in [2.24, 2.45) is 23.2 Å². The molecule has 5 heteroatoms. The van der Waals surface area contributed by atoms with Gasteiger partial charge in [-0.05, 0) is 37.0 Å². The van der Waals surface area contributed by atoms with Crippen LogP contribution in [-0.2, 0) is 4.79 Å². The van der Waals surface area contributed by atoms with E-state index in [0.717, 1.165) is 13.1 Å². The smallest absolute Gasteiger partial charge is 0.320 e. The lowest BCUT2D eigenvalue weighted by atomic mass is 9.76. The third-order valence-electron chi connectivity index (χ3n) is 6.10. The Bertz CT molecular complexity index is 439. The van der Waals surface area contributed by atoms with Gasteiger partial charge in [-0.15, -0.1) is 0 Å². The van der Waals surface area contributed by atoms with Crippen molar-refractivity contribution in [1.29, 1.82) is 0 Å². The van der Waals surface area contributed by atoms with Crippen LogP contribution in [0.1, 0.15) is 39.5 Å². The topological polar surface area (TPSA) is 60.9 Å². The third kappa shape index (κ3) is 2.30. The van der Waals surface area contributed by atoms with E-state index in [1.807, 2.05) is 18.7 Å². The van der Waals surface area contributed by atoms with Gasteiger partial charge in [0, 0.05) is 26.2 Å². The molecule has 118 valence electrons. The average Bonchev–Trinajstić information content (AvgIpc) is 3.11. The highest BCUT2D eigenvalue weighted by Gasteiger charge is 2.50. The number of likely N-dealkylation sites (tertiary alicyclic amines) is 2. The van der Waals surface area contributed by atoms with Crippen LogP contribution in [0.3, 0.4) is 0 Å². The van der Waals surface area contributed by atoms with Gasteiger partial charge < -0.3 is 14.9 Å². The third-order valence-corrected chi connectivity index (χ3v) is 6.10. The van der Waals surface area contributed by atoms with Crippen molar-refractivity contribution in [3.63, 3.8) is 0 Å². The van der Waals surface area contributed by atoms with Crippen molar-refractivity contribution < 1.29 is 14.7 Å². The molecule has 2 heterocycles. The van der Waals surface area contributed by atoms with Crippen molar-refractivity contribution in [3.05, 3.63) is 0 Å². The quantitative estimate of drug-likeness (QED) is 0.850. The average molecular weight is 294 g/mol. The lowest BCUT2D eigenvalue weighted by Crippen LogP contribution is -2.45. The molecule has 3 atom stereocenters. The monoisotopic (exact) mass is 294 g/mol. The highest BCUT2D eigenvalue weighted by Crippen LogP contribution is 2.41. The van der Waals surface area contributed by atoms with Gasteiger partial charge >= 0.3 is 12.0 Å². The van der Waals surface area contributed by atoms with Gasteiger partial charge in [0.05, 0.1) is 5.41 Å². The van der Waals surface area contributed by atoms with E-state index < -0.39 is 11.4 Å². The fraction of sp³-hybridized carbons (Fsp3) is 0.875. The van der Waals surface area contributed by atoms with E-state index in [0.29, 0.717) is 31.3 Å². The second kappa shape index (κ2) is 5.18. The number of fused-ring (bicyclic) bond motifs is 1.